The molecule has 5 nitrogen and oxygen atoms in total. The number of hydrogen-bond acceptors (Lipinski definition) is 3. The van der Waals surface area contributed by atoms with Gasteiger partial charge in [-0.05, 0) is 12.8 Å². The van der Waals surface area contributed by atoms with E-state index in [1.165, 1.54) is 0 Å². The molecule has 0 aliphatic carbocycles. The maximum atomic E-state index is 11.5. The molecule has 0 aromatic rings. The number of nitrogens with one attached hydrogen (secondary N) is 1. The van der Waals surface area contributed by atoms with E-state index in [4.69, 9.17) is 5.11 Å². The van der Waals surface area contributed by atoms with Gasteiger partial charge in [-0.15, -0.1) is 6.58 Å². The van der Waals surface area contributed by atoms with Crippen molar-refractivity contribution in [2.45, 2.75) is 19.4 Å². The summed E-state index contributed by atoms with van der Waals surface area (Å²) in [5.74, 6) is -0.616. The predicted molar refractivity (Wildman–Crippen MR) is 60.0 cm³/mol. The number of hydrogen-bond donors (Lipinski definition) is 2. The fourth-order valence-corrected chi connectivity index (χ4v) is 1.79. The van der Waals surface area contributed by atoms with Crippen LogP contribution in [0.15, 0.2) is 12.7 Å². The summed E-state index contributed by atoms with van der Waals surface area (Å²) in [5.41, 5.74) is 0. The quantitative estimate of drug-likeness (QED) is 0.629. The van der Waals surface area contributed by atoms with E-state index in [1.54, 1.807) is 6.08 Å². The highest BCUT2D eigenvalue weighted by Gasteiger charge is 2.34. The Morgan fingerprint density at radius 2 is 2.25 bits per heavy atom. The zero-order valence-corrected chi connectivity index (χ0v) is 9.48. The van der Waals surface area contributed by atoms with Crippen LogP contribution < -0.4 is 5.32 Å². The fourth-order valence-electron chi connectivity index (χ4n) is 1.79. The highest BCUT2D eigenvalue weighted by atomic mass is 16.4. The minimum absolute atomic E-state index is 0.0336. The van der Waals surface area contributed by atoms with Crippen molar-refractivity contribution in [2.24, 2.45) is 5.92 Å². The van der Waals surface area contributed by atoms with Gasteiger partial charge in [0.2, 0.25) is 5.91 Å². The van der Waals surface area contributed by atoms with E-state index in [-0.39, 0.29) is 24.3 Å². The van der Waals surface area contributed by atoms with Gasteiger partial charge in [0.05, 0.1) is 12.5 Å². The van der Waals surface area contributed by atoms with Gasteiger partial charge in [0.1, 0.15) is 0 Å². The molecule has 1 aliphatic rings. The fraction of sp³-hybridized carbons (Fsp3) is 0.636. The molecule has 1 saturated heterocycles. The van der Waals surface area contributed by atoms with Gasteiger partial charge in [0.25, 0.3) is 0 Å². The topological polar surface area (TPSA) is 69.6 Å². The van der Waals surface area contributed by atoms with Gasteiger partial charge in [-0.2, -0.15) is 0 Å². The maximum absolute atomic E-state index is 11.5. The van der Waals surface area contributed by atoms with Crippen molar-refractivity contribution < 1.29 is 14.7 Å². The molecule has 0 saturated carbocycles. The van der Waals surface area contributed by atoms with E-state index >= 15 is 0 Å². The van der Waals surface area contributed by atoms with Crippen LogP contribution in [0.5, 0.6) is 0 Å². The van der Waals surface area contributed by atoms with Gasteiger partial charge >= 0.3 is 5.97 Å². The lowest BCUT2D eigenvalue weighted by Gasteiger charge is -2.41. The van der Waals surface area contributed by atoms with E-state index < -0.39 is 5.97 Å². The summed E-state index contributed by atoms with van der Waals surface area (Å²) in [7, 11) is 0. The Kier molecular flexibility index (Phi) is 4.49. The van der Waals surface area contributed by atoms with E-state index in [9.17, 15) is 9.59 Å². The molecule has 16 heavy (non-hydrogen) atoms. The average Bonchev–Trinajstić information content (AvgIpc) is 2.18. The maximum Gasteiger partial charge on any atom is 0.303 e. The summed E-state index contributed by atoms with van der Waals surface area (Å²) < 4.78 is 0. The Labute approximate surface area is 95.1 Å². The van der Waals surface area contributed by atoms with Crippen molar-refractivity contribution in [3.8, 4) is 0 Å². The van der Waals surface area contributed by atoms with Gasteiger partial charge in [-0.1, -0.05) is 6.08 Å². The third kappa shape index (κ3) is 3.34. The van der Waals surface area contributed by atoms with Crippen molar-refractivity contribution >= 4 is 11.9 Å². The number of nitrogens with zero attached hydrogens (tertiary/aromatic N) is 1. The van der Waals surface area contributed by atoms with Crippen LogP contribution in [0.4, 0.5) is 0 Å². The Bertz CT molecular complexity index is 285. The molecule has 90 valence electrons. The van der Waals surface area contributed by atoms with E-state index in [1.807, 2.05) is 11.8 Å². The predicted octanol–water partition coefficient (Wildman–Crippen LogP) is 0.0836. The second-order valence-electron chi connectivity index (χ2n) is 4.13. The molecule has 1 aliphatic heterocycles. The van der Waals surface area contributed by atoms with Crippen molar-refractivity contribution in [1.29, 1.82) is 0 Å². The van der Waals surface area contributed by atoms with Crippen LogP contribution in [0.2, 0.25) is 0 Å². The third-order valence-corrected chi connectivity index (χ3v) is 2.80. The minimum Gasteiger partial charge on any atom is -0.481 e. The lowest BCUT2D eigenvalue weighted by molar-refractivity contribution is -0.140. The lowest BCUT2D eigenvalue weighted by atomic mass is 9.94. The van der Waals surface area contributed by atoms with Crippen LogP contribution in [-0.2, 0) is 9.59 Å². The number of likely N-dealkylation sites (tertiary alicyclic amines) is 1. The number of carbonyl (C=O) groups excluding carboxylic acids is 1. The molecule has 0 aromatic carbocycles. The number of amides is 1. The van der Waals surface area contributed by atoms with E-state index in [2.05, 4.69) is 11.9 Å². The molecule has 5 heteroatoms. The number of carbonyl (C=O) groups is 2. The van der Waals surface area contributed by atoms with Gasteiger partial charge in [0.15, 0.2) is 0 Å². The number of carboxylic acid groups (broad SMARTS) is 1. The number of rotatable bonds is 6. The van der Waals surface area contributed by atoms with E-state index in [0.717, 1.165) is 0 Å². The molecule has 0 bridgehead atoms. The SMILES string of the molecule is C=CCNC(=O)C(C)N1CC(CC(=O)O)C1. The second kappa shape index (κ2) is 5.65. The monoisotopic (exact) mass is 226 g/mol. The first-order valence-electron chi connectivity index (χ1n) is 5.39. The smallest absolute Gasteiger partial charge is 0.303 e. The molecule has 0 radical (unpaired) electrons. The van der Waals surface area contributed by atoms with Crippen LogP contribution in [0.3, 0.4) is 0 Å². The van der Waals surface area contributed by atoms with Crippen molar-refractivity contribution in [3.05, 3.63) is 12.7 Å². The Morgan fingerprint density at radius 1 is 1.62 bits per heavy atom. The first kappa shape index (κ1) is 12.7. The van der Waals surface area contributed by atoms with Gasteiger partial charge in [-0.25, -0.2) is 0 Å². The van der Waals surface area contributed by atoms with Crippen LogP contribution in [0, 0.1) is 5.92 Å². The molecule has 2 N–H and O–H groups in total. The highest BCUT2D eigenvalue weighted by Crippen LogP contribution is 2.21. The summed E-state index contributed by atoms with van der Waals surface area (Å²) in [5, 5.41) is 11.3. The molecule has 1 atom stereocenters. The van der Waals surface area contributed by atoms with Crippen LogP contribution in [0.1, 0.15) is 13.3 Å². The summed E-state index contributed by atoms with van der Waals surface area (Å²) in [4.78, 5) is 24.0. The number of aliphatic carboxylic acids is 1. The molecule has 1 unspecified atom stereocenters. The molecular weight excluding hydrogens is 208 g/mol. The Morgan fingerprint density at radius 3 is 2.75 bits per heavy atom. The number of carboxylic acids is 1. The first-order valence-corrected chi connectivity index (χ1v) is 5.39. The van der Waals surface area contributed by atoms with Gasteiger partial charge < -0.3 is 10.4 Å². The molecule has 0 aromatic heterocycles. The third-order valence-electron chi connectivity index (χ3n) is 2.80. The zero-order valence-electron chi connectivity index (χ0n) is 9.48. The second-order valence-corrected chi connectivity index (χ2v) is 4.13. The minimum atomic E-state index is -0.770. The van der Waals surface area contributed by atoms with Crippen LogP contribution in [-0.4, -0.2) is 47.6 Å². The molecule has 1 fully saturated rings. The summed E-state index contributed by atoms with van der Waals surface area (Å²) >= 11 is 0. The van der Waals surface area contributed by atoms with Crippen LogP contribution in [0.25, 0.3) is 0 Å². The van der Waals surface area contributed by atoms with Gasteiger partial charge in [-0.3, -0.25) is 14.5 Å². The van der Waals surface area contributed by atoms with Crippen molar-refractivity contribution in [1.82, 2.24) is 10.2 Å². The van der Waals surface area contributed by atoms with E-state index in [0.29, 0.717) is 19.6 Å². The molecular formula is C11H18N2O3. The molecule has 1 heterocycles. The standard InChI is InChI=1S/C11H18N2O3/c1-3-4-12-11(16)8(2)13-6-9(7-13)5-10(14)15/h3,8-9H,1,4-7H2,2H3,(H,12,16)(H,14,15). The Balaban J connectivity index is 2.25. The molecule has 1 amide bonds. The lowest BCUT2D eigenvalue weighted by Crippen LogP contribution is -2.56. The van der Waals surface area contributed by atoms with Crippen molar-refractivity contribution in [3.63, 3.8) is 0 Å². The highest BCUT2D eigenvalue weighted by molar-refractivity contribution is 5.81. The van der Waals surface area contributed by atoms with Gasteiger partial charge in [0, 0.05) is 19.6 Å². The normalized spacial score (nSPS) is 18.6. The summed E-state index contributed by atoms with van der Waals surface area (Å²) in [6, 6.07) is -0.190. The molecule has 1 rings (SSSR count). The summed E-state index contributed by atoms with van der Waals surface area (Å²) in [6.07, 6.45) is 1.82. The summed E-state index contributed by atoms with van der Waals surface area (Å²) in [6.45, 7) is 7.20. The largest absolute Gasteiger partial charge is 0.481 e. The first-order chi connectivity index (χ1) is 7.54. The van der Waals surface area contributed by atoms with Crippen molar-refractivity contribution in [2.75, 3.05) is 19.6 Å². The Hall–Kier alpha value is -1.36. The van der Waals surface area contributed by atoms with Crippen LogP contribution >= 0.6 is 0 Å². The average molecular weight is 226 g/mol. The zero-order chi connectivity index (χ0) is 12.1. The molecule has 0 spiro atoms.